The standard InChI is InChI=1S/C13H15N5OS/c19-12(17-9-2-1-3-14-6-9)11-8-20-13(18-11)10-7-15-4-5-16-10/h4-5,7-9,14H,1-3,6H2,(H,17,19)/t9-/m0/s1. The number of aromatic nitrogens is 3. The maximum Gasteiger partial charge on any atom is 0.271 e. The topological polar surface area (TPSA) is 79.8 Å². The molecule has 1 atom stereocenters. The smallest absolute Gasteiger partial charge is 0.271 e. The van der Waals surface area contributed by atoms with Gasteiger partial charge in [-0.1, -0.05) is 0 Å². The molecule has 1 fully saturated rings. The van der Waals surface area contributed by atoms with Crippen LogP contribution in [-0.2, 0) is 0 Å². The zero-order valence-electron chi connectivity index (χ0n) is 10.9. The van der Waals surface area contributed by atoms with Crippen molar-refractivity contribution >= 4 is 17.2 Å². The van der Waals surface area contributed by atoms with Gasteiger partial charge in [0.05, 0.1) is 6.20 Å². The van der Waals surface area contributed by atoms with Crippen molar-refractivity contribution in [2.75, 3.05) is 13.1 Å². The molecule has 6 nitrogen and oxygen atoms in total. The average molecular weight is 289 g/mol. The highest BCUT2D eigenvalue weighted by Crippen LogP contribution is 2.20. The van der Waals surface area contributed by atoms with Gasteiger partial charge in [-0.25, -0.2) is 4.98 Å². The molecule has 3 rings (SSSR count). The van der Waals surface area contributed by atoms with E-state index in [4.69, 9.17) is 0 Å². The molecular formula is C13H15N5OS. The summed E-state index contributed by atoms with van der Waals surface area (Å²) in [5, 5.41) is 8.75. The molecule has 1 aliphatic rings. The first kappa shape index (κ1) is 13.1. The van der Waals surface area contributed by atoms with Crippen LogP contribution in [-0.4, -0.2) is 40.0 Å². The minimum Gasteiger partial charge on any atom is -0.347 e. The van der Waals surface area contributed by atoms with Crippen LogP contribution in [0.4, 0.5) is 0 Å². The van der Waals surface area contributed by atoms with Crippen LogP contribution in [0.2, 0.25) is 0 Å². The van der Waals surface area contributed by atoms with Gasteiger partial charge in [0.2, 0.25) is 0 Å². The summed E-state index contributed by atoms with van der Waals surface area (Å²) in [7, 11) is 0. The van der Waals surface area contributed by atoms with Crippen molar-refractivity contribution in [3.8, 4) is 10.7 Å². The number of hydrogen-bond donors (Lipinski definition) is 2. The molecule has 0 unspecified atom stereocenters. The predicted molar refractivity (Wildman–Crippen MR) is 76.5 cm³/mol. The molecule has 0 bridgehead atoms. The number of carbonyl (C=O) groups excluding carboxylic acids is 1. The highest BCUT2D eigenvalue weighted by atomic mass is 32.1. The van der Waals surface area contributed by atoms with Gasteiger partial charge < -0.3 is 10.6 Å². The molecule has 0 aromatic carbocycles. The monoisotopic (exact) mass is 289 g/mol. The zero-order chi connectivity index (χ0) is 13.8. The molecule has 1 amide bonds. The SMILES string of the molecule is O=C(N[C@H]1CCCNC1)c1csc(-c2cnccn2)n1. The molecule has 104 valence electrons. The van der Waals surface area contributed by atoms with Gasteiger partial charge in [0.15, 0.2) is 0 Å². The molecule has 0 aliphatic carbocycles. The Hall–Kier alpha value is -1.86. The Balaban J connectivity index is 1.68. The first-order valence-corrected chi connectivity index (χ1v) is 7.44. The molecule has 0 saturated carbocycles. The molecular weight excluding hydrogens is 274 g/mol. The summed E-state index contributed by atoms with van der Waals surface area (Å²) in [6, 6.07) is 0.193. The summed E-state index contributed by atoms with van der Waals surface area (Å²) in [5.41, 5.74) is 1.14. The molecule has 0 radical (unpaired) electrons. The normalized spacial score (nSPS) is 18.7. The fourth-order valence-electron chi connectivity index (χ4n) is 2.14. The molecule has 2 N–H and O–H groups in total. The number of rotatable bonds is 3. The Labute approximate surface area is 120 Å². The number of amides is 1. The van der Waals surface area contributed by atoms with Crippen LogP contribution < -0.4 is 10.6 Å². The van der Waals surface area contributed by atoms with E-state index in [2.05, 4.69) is 25.6 Å². The largest absolute Gasteiger partial charge is 0.347 e. The van der Waals surface area contributed by atoms with Gasteiger partial charge in [-0.05, 0) is 19.4 Å². The number of thiazole rings is 1. The molecule has 1 saturated heterocycles. The minimum absolute atomic E-state index is 0.120. The minimum atomic E-state index is -0.120. The summed E-state index contributed by atoms with van der Waals surface area (Å²) in [6.45, 7) is 1.85. The number of nitrogens with zero attached hydrogens (tertiary/aromatic N) is 3. The van der Waals surface area contributed by atoms with Gasteiger partial charge in [0.1, 0.15) is 16.4 Å². The van der Waals surface area contributed by atoms with Gasteiger partial charge in [0.25, 0.3) is 5.91 Å². The van der Waals surface area contributed by atoms with Crippen LogP contribution in [0.25, 0.3) is 10.7 Å². The van der Waals surface area contributed by atoms with E-state index in [1.807, 2.05) is 0 Å². The van der Waals surface area contributed by atoms with Crippen LogP contribution in [0.3, 0.4) is 0 Å². The molecule has 2 aromatic rings. The Bertz CT molecular complexity index is 579. The third-order valence-corrected chi connectivity index (χ3v) is 4.02. The van der Waals surface area contributed by atoms with Crippen molar-refractivity contribution in [2.45, 2.75) is 18.9 Å². The Morgan fingerprint density at radius 2 is 2.40 bits per heavy atom. The lowest BCUT2D eigenvalue weighted by Gasteiger charge is -2.23. The highest BCUT2D eigenvalue weighted by molar-refractivity contribution is 7.13. The second-order valence-electron chi connectivity index (χ2n) is 4.65. The third-order valence-electron chi connectivity index (χ3n) is 3.15. The lowest BCUT2D eigenvalue weighted by molar-refractivity contribution is 0.0926. The number of nitrogens with one attached hydrogen (secondary N) is 2. The fraction of sp³-hybridized carbons (Fsp3) is 0.385. The van der Waals surface area contributed by atoms with Crippen molar-refractivity contribution in [3.63, 3.8) is 0 Å². The summed E-state index contributed by atoms with van der Waals surface area (Å²) in [6.07, 6.45) is 6.98. The Kier molecular flexibility index (Phi) is 3.98. The number of hydrogen-bond acceptors (Lipinski definition) is 6. The third kappa shape index (κ3) is 3.00. The second kappa shape index (κ2) is 6.06. The van der Waals surface area contributed by atoms with Crippen LogP contribution >= 0.6 is 11.3 Å². The predicted octanol–water partition coefficient (Wildman–Crippen LogP) is 1.08. The lowest BCUT2D eigenvalue weighted by atomic mass is 10.1. The summed E-state index contributed by atoms with van der Waals surface area (Å²) in [4.78, 5) is 24.6. The average Bonchev–Trinajstić information content (AvgIpc) is 2.99. The summed E-state index contributed by atoms with van der Waals surface area (Å²) in [5.74, 6) is -0.120. The van der Waals surface area contributed by atoms with Crippen LogP contribution in [0.5, 0.6) is 0 Å². The number of piperidine rings is 1. The van der Waals surface area contributed by atoms with Crippen LogP contribution in [0.15, 0.2) is 24.0 Å². The first-order chi connectivity index (χ1) is 9.83. The fourth-order valence-corrected chi connectivity index (χ4v) is 2.90. The van der Waals surface area contributed by atoms with E-state index in [0.29, 0.717) is 16.4 Å². The zero-order valence-corrected chi connectivity index (χ0v) is 11.7. The highest BCUT2D eigenvalue weighted by Gasteiger charge is 2.18. The molecule has 2 aromatic heterocycles. The summed E-state index contributed by atoms with van der Waals surface area (Å²) < 4.78 is 0. The van der Waals surface area contributed by atoms with Crippen LogP contribution in [0.1, 0.15) is 23.3 Å². The van der Waals surface area contributed by atoms with E-state index in [-0.39, 0.29) is 11.9 Å². The van der Waals surface area contributed by atoms with Crippen molar-refractivity contribution in [1.82, 2.24) is 25.6 Å². The van der Waals surface area contributed by atoms with Crippen molar-refractivity contribution < 1.29 is 4.79 Å². The Morgan fingerprint density at radius 1 is 1.45 bits per heavy atom. The van der Waals surface area contributed by atoms with Crippen molar-refractivity contribution in [3.05, 3.63) is 29.7 Å². The molecule has 20 heavy (non-hydrogen) atoms. The van der Waals surface area contributed by atoms with Gasteiger partial charge in [-0.3, -0.25) is 14.8 Å². The first-order valence-electron chi connectivity index (χ1n) is 6.56. The van der Waals surface area contributed by atoms with E-state index in [1.54, 1.807) is 24.0 Å². The van der Waals surface area contributed by atoms with Crippen LogP contribution in [0, 0.1) is 0 Å². The van der Waals surface area contributed by atoms with E-state index in [0.717, 1.165) is 25.9 Å². The van der Waals surface area contributed by atoms with E-state index in [9.17, 15) is 4.79 Å². The maximum absolute atomic E-state index is 12.1. The Morgan fingerprint density at radius 3 is 3.15 bits per heavy atom. The van der Waals surface area contributed by atoms with E-state index in [1.165, 1.54) is 11.3 Å². The van der Waals surface area contributed by atoms with Gasteiger partial charge in [-0.2, -0.15) is 0 Å². The molecule has 3 heterocycles. The molecule has 0 spiro atoms. The maximum atomic E-state index is 12.1. The second-order valence-corrected chi connectivity index (χ2v) is 5.50. The van der Waals surface area contributed by atoms with Gasteiger partial charge >= 0.3 is 0 Å². The summed E-state index contributed by atoms with van der Waals surface area (Å²) >= 11 is 1.40. The lowest BCUT2D eigenvalue weighted by Crippen LogP contribution is -2.45. The van der Waals surface area contributed by atoms with Gasteiger partial charge in [0, 0.05) is 30.4 Å². The van der Waals surface area contributed by atoms with Crippen molar-refractivity contribution in [1.29, 1.82) is 0 Å². The van der Waals surface area contributed by atoms with Crippen molar-refractivity contribution in [2.24, 2.45) is 0 Å². The van der Waals surface area contributed by atoms with Gasteiger partial charge in [-0.15, -0.1) is 11.3 Å². The molecule has 7 heteroatoms. The van der Waals surface area contributed by atoms with E-state index < -0.39 is 0 Å². The molecule has 1 aliphatic heterocycles. The number of carbonyl (C=O) groups is 1. The van der Waals surface area contributed by atoms with E-state index >= 15 is 0 Å². The quantitative estimate of drug-likeness (QED) is 0.884.